The zero-order valence-electron chi connectivity index (χ0n) is 17.9. The van der Waals surface area contributed by atoms with Crippen molar-refractivity contribution in [3.8, 4) is 0 Å². The molecule has 32 heavy (non-hydrogen) atoms. The summed E-state index contributed by atoms with van der Waals surface area (Å²) in [5.74, 6) is -2.31. The third-order valence-corrected chi connectivity index (χ3v) is 5.67. The van der Waals surface area contributed by atoms with E-state index < -0.39 is 23.9 Å². The molecule has 0 bridgehead atoms. The van der Waals surface area contributed by atoms with E-state index in [0.717, 1.165) is 36.4 Å². The topological polar surface area (TPSA) is 93.2 Å². The summed E-state index contributed by atoms with van der Waals surface area (Å²) in [7, 11) is 0. The fraction of sp³-hybridized carbons (Fsp3) is 0.522. The van der Waals surface area contributed by atoms with Gasteiger partial charge < -0.3 is 19.3 Å². The molecule has 0 aromatic heterocycles. The maximum atomic E-state index is 9.92. The predicted octanol–water partition coefficient (Wildman–Crippen LogP) is 2.99. The van der Waals surface area contributed by atoms with Gasteiger partial charge in [0.25, 0.3) is 0 Å². The Morgan fingerprint density at radius 2 is 0.906 bits per heavy atom. The van der Waals surface area contributed by atoms with Gasteiger partial charge in [-0.1, -0.05) is 38.5 Å². The number of esters is 4. The summed E-state index contributed by atoms with van der Waals surface area (Å²) < 4.78 is 7.94. The predicted molar refractivity (Wildman–Crippen MR) is 110 cm³/mol. The summed E-state index contributed by atoms with van der Waals surface area (Å²) in [4.78, 5) is 44.4. The first-order chi connectivity index (χ1) is 15.0. The number of nitrogens with zero attached hydrogens (tertiary/aromatic N) is 2. The van der Waals surface area contributed by atoms with Gasteiger partial charge in [-0.25, -0.2) is 19.2 Å². The van der Waals surface area contributed by atoms with Crippen LogP contribution in [-0.4, -0.2) is 45.8 Å². The molecule has 3 aliphatic heterocycles. The quantitative estimate of drug-likeness (QED) is 0.303. The number of ether oxygens (including phenoxy) is 2. The molecule has 0 amide bonds. The summed E-state index contributed by atoms with van der Waals surface area (Å²) in [5, 5.41) is 0. The van der Waals surface area contributed by atoms with Crippen LogP contribution >= 0.6 is 0 Å². The largest absolute Gasteiger partial charge is 0.387 e. The van der Waals surface area contributed by atoms with E-state index in [9.17, 15) is 19.2 Å². The molecule has 0 aromatic carbocycles. The van der Waals surface area contributed by atoms with E-state index in [4.69, 9.17) is 0 Å². The van der Waals surface area contributed by atoms with E-state index in [-0.39, 0.29) is 20.4 Å². The second kappa shape index (κ2) is 13.3. The number of hydrogen-bond acceptors (Lipinski definition) is 8. The van der Waals surface area contributed by atoms with E-state index in [0.29, 0.717) is 0 Å². The Balaban J connectivity index is 0.000000201. The molecule has 0 atom stereocenters. The van der Waals surface area contributed by atoms with Crippen LogP contribution < -0.4 is 0 Å². The van der Waals surface area contributed by atoms with Crippen LogP contribution in [0.5, 0.6) is 0 Å². The molecule has 176 valence electrons. The van der Waals surface area contributed by atoms with Crippen molar-refractivity contribution >= 4 is 23.9 Å². The molecule has 8 nitrogen and oxygen atoms in total. The molecule has 0 saturated heterocycles. The molecule has 5 aliphatic rings. The number of hydrogen-bond donors (Lipinski definition) is 0. The minimum Gasteiger partial charge on any atom is -0.387 e. The molecule has 0 N–H and O–H groups in total. The van der Waals surface area contributed by atoms with E-state index in [1.165, 1.54) is 64.2 Å². The zero-order chi connectivity index (χ0) is 22.1. The molecule has 2 aliphatic carbocycles. The van der Waals surface area contributed by atoms with Crippen molar-refractivity contribution in [2.75, 3.05) is 0 Å². The number of cyclic esters (lactones) is 4. The van der Waals surface area contributed by atoms with E-state index >= 15 is 0 Å². The summed E-state index contributed by atoms with van der Waals surface area (Å²) >= 11 is 0. The van der Waals surface area contributed by atoms with Crippen molar-refractivity contribution in [1.29, 1.82) is 0 Å². The van der Waals surface area contributed by atoms with Crippen LogP contribution in [0, 0.1) is 6.67 Å². The normalized spacial score (nSPS) is 22.6. The first-order valence-electron chi connectivity index (χ1n) is 10.9. The van der Waals surface area contributed by atoms with Crippen LogP contribution in [0.15, 0.2) is 36.7 Å². The summed E-state index contributed by atoms with van der Waals surface area (Å²) in [6.45, 7) is 3.59. The van der Waals surface area contributed by atoms with Gasteiger partial charge in [-0.15, -0.1) is 0 Å². The average Bonchev–Trinajstić information content (AvgIpc) is 3.52. The Morgan fingerprint density at radius 1 is 0.594 bits per heavy atom. The van der Waals surface area contributed by atoms with Gasteiger partial charge in [0.05, 0.1) is 0 Å². The Labute approximate surface area is 202 Å². The SMILES string of the molecule is O=C1C=CC(=O)O1.O=C1C=CC(=O)O1.[C]1N(C2CCCCC2)C=CN1C1CCCCC1.[Pd]. The average molecular weight is 535 g/mol. The minimum absolute atomic E-state index is 0. The van der Waals surface area contributed by atoms with Crippen molar-refractivity contribution < 1.29 is 49.1 Å². The van der Waals surface area contributed by atoms with E-state index in [2.05, 4.69) is 38.3 Å². The molecule has 5 rings (SSSR count). The number of carbonyl (C=O) groups excluding carboxylic acids is 4. The van der Waals surface area contributed by atoms with Crippen LogP contribution in [0.1, 0.15) is 64.2 Å². The molecule has 0 spiro atoms. The van der Waals surface area contributed by atoms with Gasteiger partial charge >= 0.3 is 23.9 Å². The van der Waals surface area contributed by atoms with Gasteiger partial charge in [0, 0.05) is 69.2 Å². The molecule has 9 heteroatoms. The molecular formula is C23H28N2O6Pd. The second-order valence-electron chi connectivity index (χ2n) is 7.94. The van der Waals surface area contributed by atoms with Crippen LogP contribution in [-0.2, 0) is 49.1 Å². The maximum Gasteiger partial charge on any atom is 0.338 e. The second-order valence-corrected chi connectivity index (χ2v) is 7.94. The molecule has 2 saturated carbocycles. The van der Waals surface area contributed by atoms with E-state index in [1.54, 1.807) is 0 Å². The van der Waals surface area contributed by atoms with Crippen molar-refractivity contribution in [3.05, 3.63) is 43.4 Å². The summed E-state index contributed by atoms with van der Waals surface area (Å²) in [6, 6.07) is 1.46. The Hall–Kier alpha value is -2.24. The van der Waals surface area contributed by atoms with Crippen LogP contribution in [0.25, 0.3) is 0 Å². The zero-order valence-corrected chi connectivity index (χ0v) is 19.4. The van der Waals surface area contributed by atoms with Crippen molar-refractivity contribution in [1.82, 2.24) is 9.80 Å². The van der Waals surface area contributed by atoms with Gasteiger partial charge in [0.1, 0.15) is 0 Å². The van der Waals surface area contributed by atoms with Crippen LogP contribution in [0.3, 0.4) is 0 Å². The fourth-order valence-electron chi connectivity index (χ4n) is 4.08. The minimum atomic E-state index is -0.579. The Bertz CT molecular complexity index is 672. The number of rotatable bonds is 2. The van der Waals surface area contributed by atoms with Gasteiger partial charge in [0.15, 0.2) is 0 Å². The van der Waals surface area contributed by atoms with Gasteiger partial charge in [-0.3, -0.25) is 0 Å². The maximum absolute atomic E-state index is 9.92. The van der Waals surface area contributed by atoms with E-state index in [1.807, 2.05) is 0 Å². The van der Waals surface area contributed by atoms with Crippen molar-refractivity contribution in [2.24, 2.45) is 0 Å². The molecular weight excluding hydrogens is 507 g/mol. The monoisotopic (exact) mass is 534 g/mol. The Kier molecular flexibility index (Phi) is 10.8. The standard InChI is InChI=1S/C15H24N2.2C4H2O3.Pd/c1-3-7-14(8-4-1)16-11-12-17(13-16)15-9-5-2-6-10-15;2*5-3-1-2-4(6)7-3;/h11-12,14-15H,1-10H2;2*1-2H;. The smallest absolute Gasteiger partial charge is 0.338 e. The Morgan fingerprint density at radius 3 is 1.16 bits per heavy atom. The summed E-state index contributed by atoms with van der Waals surface area (Å²) in [6.07, 6.45) is 22.8. The van der Waals surface area contributed by atoms with Crippen LogP contribution in [0.2, 0.25) is 0 Å². The van der Waals surface area contributed by atoms with Gasteiger partial charge in [-0.2, -0.15) is 0 Å². The molecule has 0 aromatic rings. The third kappa shape index (κ3) is 8.36. The van der Waals surface area contributed by atoms with Crippen LogP contribution in [0.4, 0.5) is 0 Å². The third-order valence-electron chi connectivity index (χ3n) is 5.67. The molecule has 3 heterocycles. The first-order valence-corrected chi connectivity index (χ1v) is 10.9. The van der Waals surface area contributed by atoms with Crippen molar-refractivity contribution in [2.45, 2.75) is 76.3 Å². The first kappa shape index (κ1) is 26.0. The number of carbonyl (C=O) groups is 4. The van der Waals surface area contributed by atoms with Gasteiger partial charge in [0.2, 0.25) is 6.67 Å². The van der Waals surface area contributed by atoms with Crippen molar-refractivity contribution in [3.63, 3.8) is 0 Å². The molecule has 2 radical (unpaired) electrons. The van der Waals surface area contributed by atoms with Gasteiger partial charge in [-0.05, 0) is 25.7 Å². The fourth-order valence-corrected chi connectivity index (χ4v) is 4.08. The summed E-state index contributed by atoms with van der Waals surface area (Å²) in [5.41, 5.74) is 0. The molecule has 2 fully saturated rings. The molecule has 0 unspecified atom stereocenters.